The first kappa shape index (κ1) is 15.1. The van der Waals surface area contributed by atoms with Crippen LogP contribution >= 0.6 is 0 Å². The van der Waals surface area contributed by atoms with Gasteiger partial charge in [0.15, 0.2) is 0 Å². The molecule has 1 amide bonds. The Morgan fingerprint density at radius 2 is 1.78 bits per heavy atom. The summed E-state index contributed by atoms with van der Waals surface area (Å²) in [6, 6.07) is 10.7. The van der Waals surface area contributed by atoms with Gasteiger partial charge in [0.25, 0.3) is 0 Å². The topological polar surface area (TPSA) is 82.7 Å². The summed E-state index contributed by atoms with van der Waals surface area (Å²) in [7, 11) is 0. The molecule has 0 aliphatic carbocycles. The van der Waals surface area contributed by atoms with Crippen molar-refractivity contribution in [2.45, 2.75) is 6.42 Å². The number of hydrogen-bond donors (Lipinski definition) is 2. The maximum atomic E-state index is 12.3. The van der Waals surface area contributed by atoms with Crippen molar-refractivity contribution in [2.75, 3.05) is 36.8 Å². The number of anilines is 2. The van der Waals surface area contributed by atoms with E-state index in [2.05, 4.69) is 9.88 Å². The monoisotopic (exact) mass is 312 g/mol. The predicted molar refractivity (Wildman–Crippen MR) is 89.3 cm³/mol. The fourth-order valence-electron chi connectivity index (χ4n) is 2.68. The van der Waals surface area contributed by atoms with Crippen LogP contribution in [0.1, 0.15) is 5.69 Å². The summed E-state index contributed by atoms with van der Waals surface area (Å²) >= 11 is 0. The molecule has 1 aromatic heterocycles. The third kappa shape index (κ3) is 3.71. The molecule has 0 bridgehead atoms. The Labute approximate surface area is 135 Å². The van der Waals surface area contributed by atoms with Gasteiger partial charge < -0.3 is 20.6 Å². The van der Waals surface area contributed by atoms with Gasteiger partial charge in [0.1, 0.15) is 5.75 Å². The molecule has 23 heavy (non-hydrogen) atoms. The van der Waals surface area contributed by atoms with E-state index >= 15 is 0 Å². The van der Waals surface area contributed by atoms with E-state index in [1.54, 1.807) is 30.5 Å². The molecule has 6 heteroatoms. The van der Waals surface area contributed by atoms with Crippen molar-refractivity contribution in [2.24, 2.45) is 0 Å². The third-order valence-electron chi connectivity index (χ3n) is 4.03. The van der Waals surface area contributed by atoms with Crippen molar-refractivity contribution < 1.29 is 9.90 Å². The van der Waals surface area contributed by atoms with Crippen LogP contribution in [0.15, 0.2) is 42.6 Å². The fourth-order valence-corrected chi connectivity index (χ4v) is 2.68. The summed E-state index contributed by atoms with van der Waals surface area (Å²) in [6.07, 6.45) is 1.88. The zero-order valence-electron chi connectivity index (χ0n) is 12.9. The van der Waals surface area contributed by atoms with Crippen LogP contribution in [0.3, 0.4) is 0 Å². The number of nitrogen functional groups attached to an aromatic ring is 1. The summed E-state index contributed by atoms with van der Waals surface area (Å²) in [4.78, 5) is 20.6. The van der Waals surface area contributed by atoms with Gasteiger partial charge in [-0.2, -0.15) is 0 Å². The quantitative estimate of drug-likeness (QED) is 0.891. The summed E-state index contributed by atoms with van der Waals surface area (Å²) in [5, 5.41) is 9.34. The van der Waals surface area contributed by atoms with Crippen molar-refractivity contribution in [1.82, 2.24) is 9.88 Å². The summed E-state index contributed by atoms with van der Waals surface area (Å²) in [5.74, 6) is 0.353. The summed E-state index contributed by atoms with van der Waals surface area (Å²) in [6.45, 7) is 2.95. The standard InChI is InChI=1S/C17H20N4O2/c18-13-1-2-14(19-12-13)11-17(23)21-9-7-20(8-10-21)15-3-5-16(22)6-4-15/h1-6,12,22H,7-11,18H2. The molecule has 0 spiro atoms. The molecule has 1 aromatic carbocycles. The average molecular weight is 312 g/mol. The lowest BCUT2D eigenvalue weighted by Gasteiger charge is -2.36. The highest BCUT2D eigenvalue weighted by Gasteiger charge is 2.21. The smallest absolute Gasteiger partial charge is 0.228 e. The molecule has 2 heterocycles. The van der Waals surface area contributed by atoms with Crippen molar-refractivity contribution in [3.8, 4) is 5.75 Å². The van der Waals surface area contributed by atoms with E-state index in [1.807, 2.05) is 17.0 Å². The second-order valence-corrected chi connectivity index (χ2v) is 5.64. The van der Waals surface area contributed by atoms with Crippen molar-refractivity contribution in [1.29, 1.82) is 0 Å². The van der Waals surface area contributed by atoms with Crippen LogP contribution in [0.5, 0.6) is 5.75 Å². The largest absolute Gasteiger partial charge is 0.508 e. The number of pyridine rings is 1. The van der Waals surface area contributed by atoms with Crippen molar-refractivity contribution in [3.05, 3.63) is 48.3 Å². The van der Waals surface area contributed by atoms with Gasteiger partial charge in [0, 0.05) is 37.6 Å². The zero-order chi connectivity index (χ0) is 16.2. The van der Waals surface area contributed by atoms with Crippen molar-refractivity contribution >= 4 is 17.3 Å². The highest BCUT2D eigenvalue weighted by Crippen LogP contribution is 2.20. The Bertz CT molecular complexity index is 662. The highest BCUT2D eigenvalue weighted by molar-refractivity contribution is 5.78. The first-order chi connectivity index (χ1) is 11.1. The Morgan fingerprint density at radius 1 is 1.09 bits per heavy atom. The molecule has 1 aliphatic rings. The minimum atomic E-state index is 0.0904. The van der Waals surface area contributed by atoms with Gasteiger partial charge in [-0.1, -0.05) is 0 Å². The van der Waals surface area contributed by atoms with E-state index in [4.69, 9.17) is 5.73 Å². The van der Waals surface area contributed by atoms with Gasteiger partial charge in [0.05, 0.1) is 18.3 Å². The van der Waals surface area contributed by atoms with E-state index in [0.29, 0.717) is 25.2 Å². The molecule has 0 saturated carbocycles. The van der Waals surface area contributed by atoms with E-state index in [-0.39, 0.29) is 11.7 Å². The van der Waals surface area contributed by atoms with E-state index < -0.39 is 0 Å². The number of carbonyl (C=O) groups is 1. The molecular weight excluding hydrogens is 292 g/mol. The second-order valence-electron chi connectivity index (χ2n) is 5.64. The number of benzene rings is 1. The lowest BCUT2D eigenvalue weighted by atomic mass is 10.2. The molecule has 1 fully saturated rings. The van der Waals surface area contributed by atoms with Crippen LogP contribution < -0.4 is 10.6 Å². The fraction of sp³-hybridized carbons (Fsp3) is 0.294. The molecule has 3 N–H and O–H groups in total. The van der Waals surface area contributed by atoms with E-state index in [0.717, 1.165) is 24.5 Å². The van der Waals surface area contributed by atoms with Gasteiger partial charge in [-0.3, -0.25) is 9.78 Å². The zero-order valence-corrected chi connectivity index (χ0v) is 12.9. The number of carbonyl (C=O) groups excluding carboxylic acids is 1. The van der Waals surface area contributed by atoms with Crippen LogP contribution in [0.2, 0.25) is 0 Å². The molecule has 1 saturated heterocycles. The summed E-state index contributed by atoms with van der Waals surface area (Å²) in [5.41, 5.74) is 8.01. The Hall–Kier alpha value is -2.76. The molecule has 0 radical (unpaired) electrons. The third-order valence-corrected chi connectivity index (χ3v) is 4.03. The second kappa shape index (κ2) is 6.56. The minimum absolute atomic E-state index is 0.0904. The van der Waals surface area contributed by atoms with E-state index in [9.17, 15) is 9.90 Å². The molecule has 0 atom stereocenters. The number of amides is 1. The minimum Gasteiger partial charge on any atom is -0.508 e. The van der Waals surface area contributed by atoms with Crippen LogP contribution in [-0.2, 0) is 11.2 Å². The summed E-state index contributed by atoms with van der Waals surface area (Å²) < 4.78 is 0. The SMILES string of the molecule is Nc1ccc(CC(=O)N2CCN(c3ccc(O)cc3)CC2)nc1. The number of nitrogens with two attached hydrogens (primary N) is 1. The maximum absolute atomic E-state index is 12.3. The number of hydrogen-bond acceptors (Lipinski definition) is 5. The van der Waals surface area contributed by atoms with Gasteiger partial charge in [-0.05, 0) is 36.4 Å². The van der Waals surface area contributed by atoms with Gasteiger partial charge >= 0.3 is 0 Å². The number of aromatic hydroxyl groups is 1. The molecule has 0 unspecified atom stereocenters. The van der Waals surface area contributed by atoms with E-state index in [1.165, 1.54) is 0 Å². The number of aromatic nitrogens is 1. The first-order valence-corrected chi connectivity index (χ1v) is 7.64. The lowest BCUT2D eigenvalue weighted by Crippen LogP contribution is -2.49. The van der Waals surface area contributed by atoms with Crippen molar-refractivity contribution in [3.63, 3.8) is 0 Å². The number of nitrogens with zero attached hydrogens (tertiary/aromatic N) is 3. The highest BCUT2D eigenvalue weighted by atomic mass is 16.3. The molecule has 1 aliphatic heterocycles. The molecule has 3 rings (SSSR count). The molecule has 120 valence electrons. The molecule has 2 aromatic rings. The van der Waals surface area contributed by atoms with Crippen LogP contribution in [-0.4, -0.2) is 47.1 Å². The Balaban J connectivity index is 1.54. The van der Waals surface area contributed by atoms with Crippen LogP contribution in [0, 0.1) is 0 Å². The normalized spacial score (nSPS) is 14.8. The lowest BCUT2D eigenvalue weighted by molar-refractivity contribution is -0.130. The molecular formula is C17H20N4O2. The number of phenols is 1. The van der Waals surface area contributed by atoms with Gasteiger partial charge in [-0.25, -0.2) is 0 Å². The Morgan fingerprint density at radius 3 is 2.39 bits per heavy atom. The first-order valence-electron chi connectivity index (χ1n) is 7.64. The number of rotatable bonds is 3. The Kier molecular flexibility index (Phi) is 4.32. The van der Waals surface area contributed by atoms with Crippen LogP contribution in [0.25, 0.3) is 0 Å². The number of phenolic OH excluding ortho intramolecular Hbond substituents is 1. The van der Waals surface area contributed by atoms with Gasteiger partial charge in [-0.15, -0.1) is 0 Å². The van der Waals surface area contributed by atoms with Gasteiger partial charge in [0.2, 0.25) is 5.91 Å². The maximum Gasteiger partial charge on any atom is 0.228 e. The number of piperazine rings is 1. The molecule has 6 nitrogen and oxygen atoms in total. The van der Waals surface area contributed by atoms with Crippen LogP contribution in [0.4, 0.5) is 11.4 Å². The predicted octanol–water partition coefficient (Wildman–Crippen LogP) is 1.26. The average Bonchev–Trinajstić information content (AvgIpc) is 2.58.